The number of aromatic nitrogens is 2. The summed E-state index contributed by atoms with van der Waals surface area (Å²) in [4.78, 5) is 24.2. The maximum absolute atomic E-state index is 12.5. The zero-order valence-electron chi connectivity index (χ0n) is 16.2. The third-order valence-corrected chi connectivity index (χ3v) is 6.05. The van der Waals surface area contributed by atoms with Crippen molar-refractivity contribution in [2.45, 2.75) is 77.3 Å². The number of nitrogens with zero attached hydrogens (tertiary/aromatic N) is 2. The number of aliphatic hydroxyl groups is 1. The van der Waals surface area contributed by atoms with Crippen LogP contribution in [0.25, 0.3) is 0 Å². The van der Waals surface area contributed by atoms with Gasteiger partial charge in [0.05, 0.1) is 17.8 Å². The van der Waals surface area contributed by atoms with Crippen LogP contribution in [0.1, 0.15) is 47.8 Å². The van der Waals surface area contributed by atoms with Gasteiger partial charge in [-0.2, -0.15) is 0 Å². The van der Waals surface area contributed by atoms with Crippen LogP contribution < -0.4 is 16.4 Å². The van der Waals surface area contributed by atoms with Crippen molar-refractivity contribution in [3.63, 3.8) is 0 Å². The van der Waals surface area contributed by atoms with Gasteiger partial charge >= 0.3 is 5.69 Å². The minimum Gasteiger partial charge on any atom is -0.386 e. The lowest BCUT2D eigenvalue weighted by Crippen LogP contribution is -2.64. The van der Waals surface area contributed by atoms with Crippen LogP contribution >= 0.6 is 0 Å². The number of hydrogen-bond donors (Lipinski definition) is 1. The van der Waals surface area contributed by atoms with Crippen LogP contribution in [0.4, 0.5) is 0 Å². The molecule has 26 heavy (non-hydrogen) atoms. The molecule has 0 amide bonds. The quantitative estimate of drug-likeness (QED) is 0.669. The van der Waals surface area contributed by atoms with E-state index in [1.54, 1.807) is 0 Å². The normalized spacial score (nSPS) is 29.2. The van der Waals surface area contributed by atoms with Crippen molar-refractivity contribution in [2.24, 2.45) is 0 Å². The molecule has 3 aliphatic rings. The van der Waals surface area contributed by atoms with Crippen LogP contribution in [0.3, 0.4) is 0 Å². The SMILES string of the molecule is CC(C)(C)OC[C@H]1O[C@@H](n2cc3c(=O)n(c2=O)[SiH2]3)[C@@H](O)[C@@H]1OC(C)(C)C. The molecule has 0 saturated carbocycles. The second-order valence-electron chi connectivity index (χ2n) is 8.91. The molecule has 3 aliphatic heterocycles. The Morgan fingerprint density at radius 2 is 1.85 bits per heavy atom. The molecule has 0 aromatic carbocycles. The predicted molar refractivity (Wildman–Crippen MR) is 98.8 cm³/mol. The van der Waals surface area contributed by atoms with Crippen molar-refractivity contribution in [1.82, 2.24) is 8.80 Å². The minimum absolute atomic E-state index is 0.222. The fourth-order valence-corrected chi connectivity index (χ4v) is 4.45. The minimum atomic E-state index is -1.04. The summed E-state index contributed by atoms with van der Waals surface area (Å²) in [6.07, 6.45) is -1.58. The van der Waals surface area contributed by atoms with Gasteiger partial charge in [0.25, 0.3) is 0 Å². The molecule has 4 atom stereocenters. The van der Waals surface area contributed by atoms with Gasteiger partial charge in [0.15, 0.2) is 15.9 Å². The summed E-state index contributed by atoms with van der Waals surface area (Å²) < 4.78 is 20.4. The van der Waals surface area contributed by atoms with E-state index in [2.05, 4.69) is 0 Å². The third-order valence-electron chi connectivity index (χ3n) is 4.35. The lowest BCUT2D eigenvalue weighted by atomic mass is 10.1. The lowest BCUT2D eigenvalue weighted by Gasteiger charge is -2.30. The molecule has 2 bridgehead atoms. The van der Waals surface area contributed by atoms with E-state index in [1.165, 1.54) is 15.0 Å². The summed E-state index contributed by atoms with van der Waals surface area (Å²) in [6, 6.07) is 0. The Bertz CT molecular complexity index is 803. The summed E-state index contributed by atoms with van der Waals surface area (Å²) in [5.41, 5.74) is -1.51. The summed E-state index contributed by atoms with van der Waals surface area (Å²) in [6.45, 7) is 11.7. The first-order valence-electron chi connectivity index (χ1n) is 8.87. The van der Waals surface area contributed by atoms with Crippen molar-refractivity contribution in [3.8, 4) is 0 Å². The topological polar surface area (TPSA) is 91.9 Å². The third kappa shape index (κ3) is 3.72. The number of rotatable bonds is 4. The van der Waals surface area contributed by atoms with Crippen molar-refractivity contribution in [3.05, 3.63) is 27.0 Å². The fraction of sp³-hybridized carbons (Fsp3) is 0.765. The highest BCUT2D eigenvalue weighted by Crippen LogP contribution is 2.33. The van der Waals surface area contributed by atoms with Gasteiger partial charge in [-0.1, -0.05) is 0 Å². The number of ether oxygens (including phenoxy) is 3. The molecule has 9 heteroatoms. The average molecular weight is 385 g/mol. The molecular formula is C17H28N2O6Si. The Labute approximate surface area is 154 Å². The highest BCUT2D eigenvalue weighted by molar-refractivity contribution is 6.55. The molecule has 1 saturated heterocycles. The van der Waals surface area contributed by atoms with E-state index in [9.17, 15) is 14.7 Å². The van der Waals surface area contributed by atoms with E-state index in [0.717, 1.165) is 0 Å². The van der Waals surface area contributed by atoms with Gasteiger partial charge < -0.3 is 19.3 Å². The average Bonchev–Trinajstić information content (AvgIpc) is 2.79. The molecule has 4 heterocycles. The van der Waals surface area contributed by atoms with Crippen LogP contribution in [-0.2, 0) is 14.2 Å². The Balaban J connectivity index is 1.88. The molecule has 0 radical (unpaired) electrons. The van der Waals surface area contributed by atoms with Crippen LogP contribution in [-0.4, -0.2) is 59.7 Å². The van der Waals surface area contributed by atoms with E-state index in [1.807, 2.05) is 41.5 Å². The summed E-state index contributed by atoms with van der Waals surface area (Å²) in [7, 11) is -0.962. The molecule has 4 rings (SSSR count). The van der Waals surface area contributed by atoms with Crippen molar-refractivity contribution < 1.29 is 19.3 Å². The number of aliphatic hydroxyl groups excluding tert-OH is 1. The van der Waals surface area contributed by atoms with Crippen LogP contribution in [0, 0.1) is 0 Å². The predicted octanol–water partition coefficient (Wildman–Crippen LogP) is -1.16. The molecular weight excluding hydrogens is 356 g/mol. The molecule has 1 N–H and O–H groups in total. The Hall–Kier alpha value is -1.26. The van der Waals surface area contributed by atoms with Crippen molar-refractivity contribution in [1.29, 1.82) is 0 Å². The molecule has 0 aliphatic carbocycles. The zero-order valence-corrected chi connectivity index (χ0v) is 17.6. The van der Waals surface area contributed by atoms with Gasteiger partial charge in [-0.25, -0.2) is 4.79 Å². The zero-order chi connectivity index (χ0) is 19.4. The van der Waals surface area contributed by atoms with E-state index in [4.69, 9.17) is 14.2 Å². The Morgan fingerprint density at radius 1 is 1.19 bits per heavy atom. The first kappa shape index (κ1) is 19.5. The second-order valence-corrected chi connectivity index (χ2v) is 10.6. The lowest BCUT2D eigenvalue weighted by molar-refractivity contribution is -0.138. The van der Waals surface area contributed by atoms with Gasteiger partial charge in [-0.15, -0.1) is 0 Å². The standard InChI is InChI=1S/C17H28N2O6Si/c1-16(2,3)23-8-9-12(25-17(4,5)6)11(20)14(24-9)18-7-10-13(21)19(26-10)15(18)22/h7,9,11-12,14,20H,8,26H2,1-6H3/t9-,11+,12-,14-/m1/s1. The highest BCUT2D eigenvalue weighted by atomic mass is 28.2. The van der Waals surface area contributed by atoms with E-state index < -0.39 is 45.5 Å². The number of hydrogen-bond acceptors (Lipinski definition) is 6. The molecule has 1 aromatic rings. The summed E-state index contributed by atoms with van der Waals surface area (Å²) >= 11 is 0. The molecule has 1 fully saturated rings. The fourth-order valence-electron chi connectivity index (χ4n) is 3.16. The monoisotopic (exact) mass is 384 g/mol. The van der Waals surface area contributed by atoms with Crippen molar-refractivity contribution >= 4 is 14.9 Å². The smallest absolute Gasteiger partial charge is 0.324 e. The first-order chi connectivity index (χ1) is 11.9. The van der Waals surface area contributed by atoms with E-state index >= 15 is 0 Å². The summed E-state index contributed by atoms with van der Waals surface area (Å²) in [5.74, 6) is 0. The molecule has 0 spiro atoms. The molecule has 0 unspecified atom stereocenters. The van der Waals surface area contributed by atoms with Crippen molar-refractivity contribution in [2.75, 3.05) is 6.61 Å². The maximum atomic E-state index is 12.5. The van der Waals surface area contributed by atoms with Crippen LogP contribution in [0.5, 0.6) is 0 Å². The first-order valence-corrected chi connectivity index (χ1v) is 10.2. The number of fused-ring (bicyclic) bond motifs is 2. The maximum Gasteiger partial charge on any atom is 0.324 e. The van der Waals surface area contributed by atoms with E-state index in [0.29, 0.717) is 5.19 Å². The molecule has 146 valence electrons. The second kappa shape index (κ2) is 6.41. The highest BCUT2D eigenvalue weighted by Gasteiger charge is 2.48. The Morgan fingerprint density at radius 3 is 2.35 bits per heavy atom. The van der Waals surface area contributed by atoms with Gasteiger partial charge in [0.2, 0.25) is 5.56 Å². The van der Waals surface area contributed by atoms with E-state index in [-0.39, 0.29) is 17.8 Å². The largest absolute Gasteiger partial charge is 0.386 e. The van der Waals surface area contributed by atoms with Crippen LogP contribution in [0.15, 0.2) is 15.8 Å². The summed E-state index contributed by atoms with van der Waals surface area (Å²) in [5, 5.41) is 11.5. The van der Waals surface area contributed by atoms with Gasteiger partial charge in [0.1, 0.15) is 18.3 Å². The van der Waals surface area contributed by atoms with Gasteiger partial charge in [0, 0.05) is 11.4 Å². The Kier molecular flexibility index (Phi) is 4.81. The molecule has 1 aromatic heterocycles. The van der Waals surface area contributed by atoms with Gasteiger partial charge in [-0.3, -0.25) is 13.6 Å². The van der Waals surface area contributed by atoms with Gasteiger partial charge in [-0.05, 0) is 41.5 Å². The molecule has 8 nitrogen and oxygen atoms in total. The van der Waals surface area contributed by atoms with Crippen LogP contribution in [0.2, 0.25) is 0 Å².